The molecule has 0 unspecified atom stereocenters. The molecule has 0 aromatic heterocycles. The predicted molar refractivity (Wildman–Crippen MR) is 21.8 cm³/mol. The number of carbonyl (C=O) groups is 1. The predicted octanol–water partition coefficient (Wildman–Crippen LogP) is -0.345. The van der Waals surface area contributed by atoms with Gasteiger partial charge in [0, 0.05) is 0 Å². The molecule has 0 radical (unpaired) electrons. The molecule has 0 saturated carbocycles. The summed E-state index contributed by atoms with van der Waals surface area (Å²) in [5.41, 5.74) is 0. The molecule has 0 amide bonds. The van der Waals surface area contributed by atoms with E-state index in [1.54, 1.807) is 0 Å². The van der Waals surface area contributed by atoms with E-state index >= 15 is 0 Å². The Bertz CT molecular complexity index is 148. The molecule has 0 aliphatic rings. The van der Waals surface area contributed by atoms with Gasteiger partial charge in [-0.25, -0.2) is 9.36 Å². The van der Waals surface area contributed by atoms with Crippen LogP contribution < -0.4 is 0 Å². The molecule has 0 atom stereocenters. The van der Waals surface area contributed by atoms with Crippen LogP contribution in [0.5, 0.6) is 0 Å². The van der Waals surface area contributed by atoms with Crippen LogP contribution in [0.4, 0.5) is 4.79 Å². The van der Waals surface area contributed by atoms with Crippen molar-refractivity contribution in [3.8, 4) is 0 Å². The number of carboxylic acid groups (broad SMARTS) is 1. The molecule has 0 fully saturated rings. The Morgan fingerprint density at radius 1 is 1.40 bits per heavy atom. The fourth-order valence-electron chi connectivity index (χ4n) is 0.102. The van der Waals surface area contributed by atoms with Crippen molar-refractivity contribution in [3.63, 3.8) is 0 Å². The summed E-state index contributed by atoms with van der Waals surface area (Å²) >= 11 is -0.0833. The van der Waals surface area contributed by atoms with Gasteiger partial charge in [0.05, 0.1) is 0 Å². The molecular weight excluding hydrogens is 294 g/mol. The molecule has 0 rings (SSSR count). The summed E-state index contributed by atoms with van der Waals surface area (Å²) in [5, 5.41) is 7.53. The number of phosphoric acid groups is 1. The molecule has 57 valence electrons. The molecular formula is CH3LaO7P. The van der Waals surface area contributed by atoms with Gasteiger partial charge in [0.25, 0.3) is 0 Å². The van der Waals surface area contributed by atoms with Gasteiger partial charge in [0.1, 0.15) is 0 Å². The van der Waals surface area contributed by atoms with Crippen molar-refractivity contribution in [2.45, 2.75) is 0 Å². The second-order valence-corrected chi connectivity index (χ2v) is 2.01. The number of rotatable bonds is 1. The third-order valence-electron chi connectivity index (χ3n) is 0.197. The summed E-state index contributed by atoms with van der Waals surface area (Å²) in [7, 11) is -4.82. The first kappa shape index (κ1) is 13.0. The quantitative estimate of drug-likeness (QED) is 0.566. The van der Waals surface area contributed by atoms with Crippen LogP contribution in [0.2, 0.25) is 0 Å². The van der Waals surface area contributed by atoms with Gasteiger partial charge in [0.15, 0.2) is 0 Å². The van der Waals surface area contributed by atoms with Crippen LogP contribution in [-0.2, 0) is 10.8 Å². The van der Waals surface area contributed by atoms with Crippen LogP contribution in [0.1, 0.15) is 0 Å². The van der Waals surface area contributed by atoms with E-state index < -0.39 is 14.0 Å². The van der Waals surface area contributed by atoms with Gasteiger partial charge in [-0.05, 0) is 0 Å². The maximum atomic E-state index is 9.53. The Morgan fingerprint density at radius 3 is 1.70 bits per heavy atom. The fraction of sp³-hybridized carbons (Fsp3) is 0. The average Bonchev–Trinajstić information content (AvgIpc) is 1.64. The standard InChI is InChI=1S/CH3O6P.La.O/c2-1(3)7-8(4,5)6;;/h(H,2,3)(H2,4,5,6);;. The summed E-state index contributed by atoms with van der Waals surface area (Å²) in [5.74, 6) is 0. The summed E-state index contributed by atoms with van der Waals surface area (Å²) in [6.45, 7) is 0. The number of hydrogen-bond acceptors (Lipinski definition) is 4. The van der Waals surface area contributed by atoms with Crippen molar-refractivity contribution in [1.29, 1.82) is 0 Å². The van der Waals surface area contributed by atoms with Gasteiger partial charge < -0.3 is 9.63 Å². The minimum absolute atomic E-state index is 0.0833. The molecule has 0 aromatic rings. The molecule has 7 nitrogen and oxygen atoms in total. The van der Waals surface area contributed by atoms with E-state index in [0.29, 0.717) is 0 Å². The Morgan fingerprint density at radius 2 is 1.70 bits per heavy atom. The zero-order valence-electron chi connectivity index (χ0n) is 4.50. The Hall–Kier alpha value is 0.415. The van der Waals surface area contributed by atoms with Crippen LogP contribution in [0, 0.1) is 33.8 Å². The zero-order chi connectivity index (χ0) is 8.78. The first-order valence-corrected chi connectivity index (χ1v) is 4.64. The van der Waals surface area contributed by atoms with Gasteiger partial charge in [-0.3, -0.25) is 9.79 Å². The van der Waals surface area contributed by atoms with Crippen molar-refractivity contribution in [2.75, 3.05) is 0 Å². The SMILES string of the molecule is O=C(O)OP(=O)(O)O.[O]=[La]. The number of phosphoric ester groups is 1. The molecule has 0 aliphatic carbocycles. The van der Waals surface area contributed by atoms with Gasteiger partial charge in [-0.2, -0.15) is 0 Å². The minimum atomic E-state index is -4.82. The zero-order valence-corrected chi connectivity index (χ0v) is 9.02. The molecule has 0 bridgehead atoms. The summed E-state index contributed by atoms with van der Waals surface area (Å²) in [4.78, 5) is 24.7. The van der Waals surface area contributed by atoms with Gasteiger partial charge >= 0.3 is 49.5 Å². The third kappa shape index (κ3) is 15.8. The van der Waals surface area contributed by atoms with Crippen molar-refractivity contribution in [3.05, 3.63) is 0 Å². The second-order valence-electron chi connectivity index (χ2n) is 0.848. The molecule has 0 aliphatic heterocycles. The van der Waals surface area contributed by atoms with E-state index in [-0.39, 0.29) is 33.8 Å². The van der Waals surface area contributed by atoms with E-state index in [4.69, 9.17) is 16.6 Å². The molecule has 0 heterocycles. The van der Waals surface area contributed by atoms with E-state index in [1.165, 1.54) is 0 Å². The van der Waals surface area contributed by atoms with Crippen LogP contribution in [0.25, 0.3) is 0 Å². The van der Waals surface area contributed by atoms with E-state index in [0.717, 1.165) is 0 Å². The Kier molecular flexibility index (Phi) is 8.01. The summed E-state index contributed by atoms with van der Waals surface area (Å²) in [6.07, 6.45) is -1.99. The third-order valence-corrected chi connectivity index (χ3v) is 0.591. The van der Waals surface area contributed by atoms with Crippen LogP contribution in [-0.4, -0.2) is 21.0 Å². The van der Waals surface area contributed by atoms with E-state index in [9.17, 15) is 9.36 Å². The molecule has 3 N–H and O–H groups in total. The Labute approximate surface area is 78.0 Å². The van der Waals surface area contributed by atoms with Crippen molar-refractivity contribution >= 4 is 14.0 Å². The van der Waals surface area contributed by atoms with Gasteiger partial charge in [-0.15, -0.1) is 0 Å². The molecule has 10 heavy (non-hydrogen) atoms. The van der Waals surface area contributed by atoms with Crippen molar-refractivity contribution in [1.82, 2.24) is 0 Å². The molecule has 0 aromatic carbocycles. The van der Waals surface area contributed by atoms with E-state index in [2.05, 4.69) is 4.52 Å². The van der Waals surface area contributed by atoms with E-state index in [1.807, 2.05) is 0 Å². The first-order chi connectivity index (χ1) is 4.42. The van der Waals surface area contributed by atoms with Crippen molar-refractivity contribution < 1.29 is 64.3 Å². The molecule has 9 heteroatoms. The Balaban J connectivity index is 0. The molecule has 0 spiro atoms. The summed E-state index contributed by atoms with van der Waals surface area (Å²) < 4.78 is 21.0. The monoisotopic (exact) mass is 297 g/mol. The van der Waals surface area contributed by atoms with Gasteiger partial charge in [0.2, 0.25) is 0 Å². The van der Waals surface area contributed by atoms with Crippen LogP contribution in [0.15, 0.2) is 0 Å². The maximum absolute atomic E-state index is 9.53. The first-order valence-electron chi connectivity index (χ1n) is 1.63. The average molecular weight is 297 g/mol. The molecule has 0 saturated heterocycles. The second kappa shape index (κ2) is 6.15. The van der Waals surface area contributed by atoms with Crippen molar-refractivity contribution in [2.24, 2.45) is 0 Å². The van der Waals surface area contributed by atoms with Crippen LogP contribution >= 0.6 is 7.82 Å². The van der Waals surface area contributed by atoms with Crippen LogP contribution in [0.3, 0.4) is 0 Å². The summed E-state index contributed by atoms with van der Waals surface area (Å²) in [6, 6.07) is 0. The van der Waals surface area contributed by atoms with Gasteiger partial charge in [-0.1, -0.05) is 0 Å². The normalized spacial score (nSPS) is 9.20. The fourth-order valence-corrected chi connectivity index (χ4v) is 0.305. The topological polar surface area (TPSA) is 121 Å². The number of hydrogen-bond donors (Lipinski definition) is 3.